The summed E-state index contributed by atoms with van der Waals surface area (Å²) in [4.78, 5) is 14.7. The minimum Gasteiger partial charge on any atom is -0.492 e. The molecule has 1 amide bonds. The van der Waals surface area contributed by atoms with E-state index in [0.29, 0.717) is 12.5 Å². The standard InChI is InChI=1S/C16H20BrNO2/c17-9-12-4-3-7-18(10-12)16(19)14-8-13-5-1-2-6-15(13)20-11-14/h1-2,5-6,12,14H,3-4,7-11H2. The summed E-state index contributed by atoms with van der Waals surface area (Å²) in [6.45, 7) is 2.31. The molecule has 0 spiro atoms. The van der Waals surface area contributed by atoms with Crippen molar-refractivity contribution in [3.63, 3.8) is 0 Å². The number of alkyl halides is 1. The minimum atomic E-state index is -0.0148. The highest BCUT2D eigenvalue weighted by Gasteiger charge is 2.31. The molecule has 108 valence electrons. The summed E-state index contributed by atoms with van der Waals surface area (Å²) in [7, 11) is 0. The van der Waals surface area contributed by atoms with Gasteiger partial charge in [-0.3, -0.25) is 4.79 Å². The molecule has 0 aliphatic carbocycles. The van der Waals surface area contributed by atoms with Crippen LogP contribution in [0.15, 0.2) is 24.3 Å². The lowest BCUT2D eigenvalue weighted by Gasteiger charge is -2.35. The number of halogens is 1. The third-order valence-corrected chi connectivity index (χ3v) is 5.19. The number of piperidine rings is 1. The Kier molecular flexibility index (Phi) is 4.29. The van der Waals surface area contributed by atoms with E-state index in [2.05, 4.69) is 22.0 Å². The number of benzene rings is 1. The van der Waals surface area contributed by atoms with Gasteiger partial charge in [-0.25, -0.2) is 0 Å². The smallest absolute Gasteiger partial charge is 0.229 e. The second kappa shape index (κ2) is 6.17. The van der Waals surface area contributed by atoms with E-state index in [9.17, 15) is 4.79 Å². The summed E-state index contributed by atoms with van der Waals surface area (Å²) in [6.07, 6.45) is 3.15. The first-order valence-electron chi connectivity index (χ1n) is 7.33. The summed E-state index contributed by atoms with van der Waals surface area (Å²) in [6, 6.07) is 8.03. The van der Waals surface area contributed by atoms with Gasteiger partial charge in [-0.05, 0) is 36.8 Å². The number of carbonyl (C=O) groups is 1. The molecule has 0 bridgehead atoms. The molecule has 1 aromatic rings. The predicted octanol–water partition coefficient (Wildman–Crippen LogP) is 2.87. The second-order valence-electron chi connectivity index (χ2n) is 5.77. The monoisotopic (exact) mass is 337 g/mol. The molecule has 3 rings (SSSR count). The third-order valence-electron chi connectivity index (χ3n) is 4.28. The van der Waals surface area contributed by atoms with Crippen molar-refractivity contribution < 1.29 is 9.53 Å². The maximum Gasteiger partial charge on any atom is 0.229 e. The zero-order chi connectivity index (χ0) is 13.9. The van der Waals surface area contributed by atoms with Crippen LogP contribution in [0.1, 0.15) is 18.4 Å². The fourth-order valence-corrected chi connectivity index (χ4v) is 3.66. The molecule has 0 radical (unpaired) electrons. The van der Waals surface area contributed by atoms with E-state index >= 15 is 0 Å². The maximum absolute atomic E-state index is 12.7. The molecule has 4 heteroatoms. The minimum absolute atomic E-state index is 0.0148. The molecule has 0 N–H and O–H groups in total. The summed E-state index contributed by atoms with van der Waals surface area (Å²) in [5.74, 6) is 1.79. The average molecular weight is 338 g/mol. The van der Waals surface area contributed by atoms with E-state index in [0.717, 1.165) is 42.6 Å². The summed E-state index contributed by atoms with van der Waals surface area (Å²) in [5, 5.41) is 0.987. The highest BCUT2D eigenvalue weighted by molar-refractivity contribution is 9.09. The average Bonchev–Trinajstić information content (AvgIpc) is 2.53. The van der Waals surface area contributed by atoms with Crippen LogP contribution in [0.3, 0.4) is 0 Å². The molecule has 2 aliphatic rings. The summed E-state index contributed by atoms with van der Waals surface area (Å²) >= 11 is 3.54. The van der Waals surface area contributed by atoms with Gasteiger partial charge < -0.3 is 9.64 Å². The van der Waals surface area contributed by atoms with Crippen molar-refractivity contribution in [2.75, 3.05) is 25.0 Å². The van der Waals surface area contributed by atoms with Gasteiger partial charge in [0.1, 0.15) is 12.4 Å². The van der Waals surface area contributed by atoms with Crippen molar-refractivity contribution in [2.45, 2.75) is 19.3 Å². The van der Waals surface area contributed by atoms with Crippen molar-refractivity contribution in [1.82, 2.24) is 4.90 Å². The highest BCUT2D eigenvalue weighted by atomic mass is 79.9. The van der Waals surface area contributed by atoms with Crippen LogP contribution in [0.25, 0.3) is 0 Å². The molecule has 0 saturated carbocycles. The SMILES string of the molecule is O=C(C1COc2ccccc2C1)N1CCCC(CBr)C1. The first-order chi connectivity index (χ1) is 9.78. The first kappa shape index (κ1) is 13.9. The van der Waals surface area contributed by atoms with E-state index in [1.165, 1.54) is 6.42 Å². The maximum atomic E-state index is 12.7. The quantitative estimate of drug-likeness (QED) is 0.776. The predicted molar refractivity (Wildman–Crippen MR) is 82.2 cm³/mol. The van der Waals surface area contributed by atoms with E-state index in [1.54, 1.807) is 0 Å². The number of rotatable bonds is 2. The third kappa shape index (κ3) is 2.85. The lowest BCUT2D eigenvalue weighted by atomic mass is 9.93. The number of carbonyl (C=O) groups excluding carboxylic acids is 1. The van der Waals surface area contributed by atoms with Gasteiger partial charge in [0.05, 0.1) is 5.92 Å². The van der Waals surface area contributed by atoms with Crippen molar-refractivity contribution in [3.05, 3.63) is 29.8 Å². The molecule has 2 heterocycles. The summed E-state index contributed by atoms with van der Waals surface area (Å²) in [5.41, 5.74) is 1.16. The molecule has 20 heavy (non-hydrogen) atoms. The fraction of sp³-hybridized carbons (Fsp3) is 0.562. The lowest BCUT2D eigenvalue weighted by molar-refractivity contribution is -0.138. The van der Waals surface area contributed by atoms with Gasteiger partial charge >= 0.3 is 0 Å². The van der Waals surface area contributed by atoms with E-state index in [-0.39, 0.29) is 11.8 Å². The Morgan fingerprint density at radius 1 is 1.40 bits per heavy atom. The fourth-order valence-electron chi connectivity index (χ4n) is 3.14. The summed E-state index contributed by atoms with van der Waals surface area (Å²) < 4.78 is 5.74. The molecule has 0 aromatic heterocycles. The number of fused-ring (bicyclic) bond motifs is 1. The van der Waals surface area contributed by atoms with Crippen LogP contribution in [0.4, 0.5) is 0 Å². The lowest BCUT2D eigenvalue weighted by Crippen LogP contribution is -2.46. The Balaban J connectivity index is 1.67. The van der Waals surface area contributed by atoms with Crippen molar-refractivity contribution >= 4 is 21.8 Å². The zero-order valence-electron chi connectivity index (χ0n) is 11.6. The van der Waals surface area contributed by atoms with Crippen molar-refractivity contribution in [1.29, 1.82) is 0 Å². The van der Waals surface area contributed by atoms with Crippen LogP contribution < -0.4 is 4.74 Å². The second-order valence-corrected chi connectivity index (χ2v) is 6.41. The Labute approximate surface area is 128 Å². The molecule has 1 saturated heterocycles. The zero-order valence-corrected chi connectivity index (χ0v) is 13.1. The number of ether oxygens (including phenoxy) is 1. The van der Waals surface area contributed by atoms with Crippen LogP contribution in [-0.2, 0) is 11.2 Å². The first-order valence-corrected chi connectivity index (χ1v) is 8.45. The molecular weight excluding hydrogens is 318 g/mol. The Bertz CT molecular complexity index is 491. The van der Waals surface area contributed by atoms with Gasteiger partial charge in [0.15, 0.2) is 0 Å². The van der Waals surface area contributed by atoms with Crippen LogP contribution in [-0.4, -0.2) is 35.8 Å². The van der Waals surface area contributed by atoms with Crippen LogP contribution in [0.2, 0.25) is 0 Å². The molecular formula is C16H20BrNO2. The van der Waals surface area contributed by atoms with Gasteiger partial charge in [-0.1, -0.05) is 34.1 Å². The molecule has 2 aliphatic heterocycles. The molecule has 1 aromatic carbocycles. The van der Waals surface area contributed by atoms with Crippen LogP contribution >= 0.6 is 15.9 Å². The van der Waals surface area contributed by atoms with Gasteiger partial charge in [0, 0.05) is 18.4 Å². The molecule has 1 fully saturated rings. The number of nitrogens with zero attached hydrogens (tertiary/aromatic N) is 1. The highest BCUT2D eigenvalue weighted by Crippen LogP contribution is 2.29. The Morgan fingerprint density at radius 3 is 3.10 bits per heavy atom. The van der Waals surface area contributed by atoms with Crippen molar-refractivity contribution in [2.24, 2.45) is 11.8 Å². The van der Waals surface area contributed by atoms with E-state index < -0.39 is 0 Å². The van der Waals surface area contributed by atoms with Crippen LogP contribution in [0.5, 0.6) is 5.75 Å². The largest absolute Gasteiger partial charge is 0.492 e. The number of hydrogen-bond acceptors (Lipinski definition) is 2. The Morgan fingerprint density at radius 2 is 2.25 bits per heavy atom. The number of hydrogen-bond donors (Lipinski definition) is 0. The van der Waals surface area contributed by atoms with Gasteiger partial charge in [-0.15, -0.1) is 0 Å². The number of likely N-dealkylation sites (tertiary alicyclic amines) is 1. The molecule has 2 unspecified atom stereocenters. The molecule has 2 atom stereocenters. The van der Waals surface area contributed by atoms with E-state index in [4.69, 9.17) is 4.74 Å². The Hall–Kier alpha value is -1.03. The van der Waals surface area contributed by atoms with E-state index in [1.807, 2.05) is 23.1 Å². The molecule has 3 nitrogen and oxygen atoms in total. The topological polar surface area (TPSA) is 29.5 Å². The van der Waals surface area contributed by atoms with Crippen LogP contribution in [0, 0.1) is 11.8 Å². The number of amides is 1. The normalized spacial score (nSPS) is 25.8. The number of para-hydroxylation sites is 1. The van der Waals surface area contributed by atoms with Gasteiger partial charge in [0.25, 0.3) is 0 Å². The van der Waals surface area contributed by atoms with Gasteiger partial charge in [0.2, 0.25) is 5.91 Å². The van der Waals surface area contributed by atoms with Gasteiger partial charge in [-0.2, -0.15) is 0 Å². The van der Waals surface area contributed by atoms with Crippen molar-refractivity contribution in [3.8, 4) is 5.75 Å².